The van der Waals surface area contributed by atoms with Gasteiger partial charge in [0.25, 0.3) is 11.6 Å². The molecule has 0 saturated heterocycles. The molecule has 0 bridgehead atoms. The first-order valence-electron chi connectivity index (χ1n) is 6.42. The van der Waals surface area contributed by atoms with Gasteiger partial charge in [-0.2, -0.15) is 0 Å². The molecule has 124 valence electrons. The van der Waals surface area contributed by atoms with Crippen LogP contribution in [-0.2, 0) is 9.53 Å². The van der Waals surface area contributed by atoms with Crippen molar-refractivity contribution in [1.82, 2.24) is 10.6 Å². The zero-order valence-corrected chi connectivity index (χ0v) is 13.0. The summed E-state index contributed by atoms with van der Waals surface area (Å²) in [5.74, 6) is -1.94. The van der Waals surface area contributed by atoms with E-state index in [1.807, 2.05) is 5.32 Å². The Morgan fingerprint density at radius 2 is 2.00 bits per heavy atom. The van der Waals surface area contributed by atoms with E-state index < -0.39 is 35.1 Å². The van der Waals surface area contributed by atoms with E-state index in [0.29, 0.717) is 0 Å². The first-order valence-corrected chi connectivity index (χ1v) is 6.80. The Labute approximate surface area is 136 Å². The van der Waals surface area contributed by atoms with Crippen molar-refractivity contribution in [1.29, 1.82) is 0 Å². The highest BCUT2D eigenvalue weighted by Crippen LogP contribution is 2.23. The SMILES string of the molecule is CC(C)NC(=O)NC(=O)COC(=O)c1ccc(Cl)cc1[N+](=O)[O-]. The van der Waals surface area contributed by atoms with Crippen LogP contribution in [0.5, 0.6) is 0 Å². The van der Waals surface area contributed by atoms with Crippen molar-refractivity contribution in [2.45, 2.75) is 19.9 Å². The number of hydrogen-bond donors (Lipinski definition) is 2. The minimum atomic E-state index is -1.08. The van der Waals surface area contributed by atoms with Crippen molar-refractivity contribution in [3.63, 3.8) is 0 Å². The molecule has 0 unspecified atom stereocenters. The number of carbonyl (C=O) groups is 3. The van der Waals surface area contributed by atoms with Crippen LogP contribution >= 0.6 is 11.6 Å². The van der Waals surface area contributed by atoms with E-state index >= 15 is 0 Å². The van der Waals surface area contributed by atoms with Crippen LogP contribution in [0.25, 0.3) is 0 Å². The zero-order chi connectivity index (χ0) is 17.6. The Balaban J connectivity index is 2.66. The third-order valence-electron chi connectivity index (χ3n) is 2.38. The van der Waals surface area contributed by atoms with E-state index in [4.69, 9.17) is 11.6 Å². The number of amides is 3. The van der Waals surface area contributed by atoms with E-state index in [1.54, 1.807) is 13.8 Å². The Bertz CT molecular complexity index is 647. The van der Waals surface area contributed by atoms with Crippen LogP contribution < -0.4 is 10.6 Å². The molecule has 0 aliphatic heterocycles. The number of rotatable bonds is 5. The van der Waals surface area contributed by atoms with Gasteiger partial charge in [0.15, 0.2) is 6.61 Å². The number of nitrogens with one attached hydrogen (secondary N) is 2. The van der Waals surface area contributed by atoms with E-state index in [0.717, 1.165) is 12.1 Å². The summed E-state index contributed by atoms with van der Waals surface area (Å²) in [6, 6.07) is 2.47. The number of hydrogen-bond acceptors (Lipinski definition) is 6. The van der Waals surface area contributed by atoms with Crippen LogP contribution in [0.3, 0.4) is 0 Å². The first-order chi connectivity index (χ1) is 10.7. The van der Waals surface area contributed by atoms with Gasteiger partial charge in [-0.25, -0.2) is 9.59 Å². The Morgan fingerprint density at radius 1 is 1.35 bits per heavy atom. The van der Waals surface area contributed by atoms with Crippen molar-refractivity contribution < 1.29 is 24.0 Å². The average molecular weight is 344 g/mol. The number of halogens is 1. The molecule has 0 radical (unpaired) electrons. The highest BCUT2D eigenvalue weighted by Gasteiger charge is 2.22. The average Bonchev–Trinajstić information content (AvgIpc) is 2.43. The summed E-state index contributed by atoms with van der Waals surface area (Å²) in [5, 5.41) is 15.3. The Hall–Kier alpha value is -2.68. The smallest absolute Gasteiger partial charge is 0.345 e. The maximum atomic E-state index is 11.8. The topological polar surface area (TPSA) is 128 Å². The van der Waals surface area contributed by atoms with Crippen molar-refractivity contribution in [3.8, 4) is 0 Å². The molecule has 9 nitrogen and oxygen atoms in total. The van der Waals surface area contributed by atoms with Gasteiger partial charge in [-0.05, 0) is 26.0 Å². The molecule has 23 heavy (non-hydrogen) atoms. The molecule has 0 spiro atoms. The van der Waals surface area contributed by atoms with Gasteiger partial charge in [0.2, 0.25) is 0 Å². The maximum absolute atomic E-state index is 11.8. The molecule has 0 aliphatic carbocycles. The lowest BCUT2D eigenvalue weighted by Crippen LogP contribution is -2.44. The van der Waals surface area contributed by atoms with E-state index in [9.17, 15) is 24.5 Å². The molecular weight excluding hydrogens is 330 g/mol. The van der Waals surface area contributed by atoms with Gasteiger partial charge in [-0.3, -0.25) is 20.2 Å². The molecule has 0 heterocycles. The number of urea groups is 1. The number of nitro benzene ring substituents is 1. The number of benzene rings is 1. The number of carbonyl (C=O) groups excluding carboxylic acids is 3. The second-order valence-corrected chi connectivity index (χ2v) is 5.11. The zero-order valence-electron chi connectivity index (χ0n) is 12.3. The van der Waals surface area contributed by atoms with Gasteiger partial charge in [0, 0.05) is 17.1 Å². The second-order valence-electron chi connectivity index (χ2n) is 4.67. The van der Waals surface area contributed by atoms with Gasteiger partial charge >= 0.3 is 12.0 Å². The largest absolute Gasteiger partial charge is 0.452 e. The molecule has 1 aromatic rings. The number of ether oxygens (including phenoxy) is 1. The third kappa shape index (κ3) is 5.91. The predicted octanol–water partition coefficient (Wildman–Crippen LogP) is 1.64. The molecule has 1 aromatic carbocycles. The first kappa shape index (κ1) is 18.4. The lowest BCUT2D eigenvalue weighted by Gasteiger charge is -2.09. The van der Waals surface area contributed by atoms with Crippen molar-refractivity contribution in [3.05, 3.63) is 38.9 Å². The number of nitro groups is 1. The second kappa shape index (κ2) is 8.08. The Morgan fingerprint density at radius 3 is 2.57 bits per heavy atom. The number of imide groups is 1. The third-order valence-corrected chi connectivity index (χ3v) is 2.62. The minimum absolute atomic E-state index is 0.0800. The van der Waals surface area contributed by atoms with Gasteiger partial charge in [-0.1, -0.05) is 11.6 Å². The summed E-state index contributed by atoms with van der Waals surface area (Å²) in [6.45, 7) is 2.64. The van der Waals surface area contributed by atoms with E-state index in [2.05, 4.69) is 10.1 Å². The van der Waals surface area contributed by atoms with Gasteiger partial charge in [-0.15, -0.1) is 0 Å². The molecule has 0 aliphatic rings. The van der Waals surface area contributed by atoms with Crippen LogP contribution in [0.1, 0.15) is 24.2 Å². The summed E-state index contributed by atoms with van der Waals surface area (Å²) in [5.41, 5.74) is -0.890. The van der Waals surface area contributed by atoms with Crippen LogP contribution in [0, 0.1) is 10.1 Å². The van der Waals surface area contributed by atoms with Crippen LogP contribution in [-0.4, -0.2) is 35.5 Å². The summed E-state index contributed by atoms with van der Waals surface area (Å²) in [7, 11) is 0. The minimum Gasteiger partial charge on any atom is -0.452 e. The van der Waals surface area contributed by atoms with Gasteiger partial charge < -0.3 is 10.1 Å². The van der Waals surface area contributed by atoms with Crippen molar-refractivity contribution >= 4 is 35.2 Å². The van der Waals surface area contributed by atoms with Crippen molar-refractivity contribution in [2.24, 2.45) is 0 Å². The lowest BCUT2D eigenvalue weighted by atomic mass is 10.2. The molecule has 2 N–H and O–H groups in total. The standard InChI is InChI=1S/C13H14ClN3O6/c1-7(2)15-13(20)16-11(18)6-23-12(19)9-4-3-8(14)5-10(9)17(21)22/h3-5,7H,6H2,1-2H3,(H2,15,16,18,20). The normalized spacial score (nSPS) is 10.1. The predicted molar refractivity (Wildman–Crippen MR) is 80.2 cm³/mol. The molecule has 0 atom stereocenters. The summed E-state index contributed by atoms with van der Waals surface area (Å²) < 4.78 is 4.65. The Kier molecular flexibility index (Phi) is 6.46. The van der Waals surface area contributed by atoms with Crippen LogP contribution in [0.15, 0.2) is 18.2 Å². The number of esters is 1. The fraction of sp³-hybridized carbons (Fsp3) is 0.308. The summed E-state index contributed by atoms with van der Waals surface area (Å²) in [6.07, 6.45) is 0. The highest BCUT2D eigenvalue weighted by atomic mass is 35.5. The van der Waals surface area contributed by atoms with Crippen molar-refractivity contribution in [2.75, 3.05) is 6.61 Å². The highest BCUT2D eigenvalue weighted by molar-refractivity contribution is 6.31. The van der Waals surface area contributed by atoms with Gasteiger partial charge in [0.1, 0.15) is 5.56 Å². The van der Waals surface area contributed by atoms with Gasteiger partial charge in [0.05, 0.1) is 4.92 Å². The van der Waals surface area contributed by atoms with Crippen LogP contribution in [0.2, 0.25) is 5.02 Å². The molecule has 0 fully saturated rings. The van der Waals surface area contributed by atoms with Crippen LogP contribution in [0.4, 0.5) is 10.5 Å². The maximum Gasteiger partial charge on any atom is 0.345 e. The summed E-state index contributed by atoms with van der Waals surface area (Å²) in [4.78, 5) is 44.6. The molecule has 3 amide bonds. The summed E-state index contributed by atoms with van der Waals surface area (Å²) >= 11 is 5.63. The van der Waals surface area contributed by atoms with E-state index in [1.165, 1.54) is 6.07 Å². The fourth-order valence-corrected chi connectivity index (χ4v) is 1.66. The molecule has 1 rings (SSSR count). The molecule has 0 aromatic heterocycles. The fourth-order valence-electron chi connectivity index (χ4n) is 1.50. The monoisotopic (exact) mass is 343 g/mol. The quantitative estimate of drug-likeness (QED) is 0.475. The van der Waals surface area contributed by atoms with E-state index in [-0.39, 0.29) is 16.6 Å². The molecule has 0 saturated carbocycles. The molecule has 10 heteroatoms. The number of nitrogens with zero attached hydrogens (tertiary/aromatic N) is 1. The lowest BCUT2D eigenvalue weighted by molar-refractivity contribution is -0.385. The molecular formula is C13H14ClN3O6.